The minimum atomic E-state index is -0.926. The second-order valence-electron chi connectivity index (χ2n) is 4.50. The highest BCUT2D eigenvalue weighted by Gasteiger charge is 2.45. The van der Waals surface area contributed by atoms with Crippen molar-refractivity contribution in [2.24, 2.45) is 0 Å². The van der Waals surface area contributed by atoms with Crippen LogP contribution in [-0.4, -0.2) is 61.8 Å². The maximum atomic E-state index is 10.3. The van der Waals surface area contributed by atoms with Crippen molar-refractivity contribution in [3.05, 3.63) is 17.3 Å². The van der Waals surface area contributed by atoms with Crippen LogP contribution in [0.2, 0.25) is 0 Å². The van der Waals surface area contributed by atoms with Gasteiger partial charge in [0.05, 0.1) is 19.3 Å². The van der Waals surface area contributed by atoms with Gasteiger partial charge in [0.25, 0.3) is 0 Å². The molecule has 2 aromatic rings. The van der Waals surface area contributed by atoms with E-state index in [9.17, 15) is 10.2 Å². The molecule has 2 aromatic heterocycles. The fraction of sp³-hybridized carbons (Fsp3) is 0.545. The summed E-state index contributed by atoms with van der Waals surface area (Å²) in [5.41, 5.74) is 1.13. The molecule has 1 aliphatic rings. The van der Waals surface area contributed by atoms with Crippen LogP contribution in [-0.2, 0) is 9.47 Å². The summed E-state index contributed by atoms with van der Waals surface area (Å²) in [6.45, 7) is -0.240. The highest BCUT2D eigenvalue weighted by atomic mass is 32.1. The summed E-state index contributed by atoms with van der Waals surface area (Å²) in [5, 5.41) is 19.6. The average Bonchev–Trinajstić information content (AvgIpc) is 3.00. The Labute approximate surface area is 119 Å². The van der Waals surface area contributed by atoms with Crippen molar-refractivity contribution in [3.63, 3.8) is 0 Å². The predicted octanol–water partition coefficient (Wildman–Crippen LogP) is -0.246. The molecule has 0 unspecified atom stereocenters. The summed E-state index contributed by atoms with van der Waals surface area (Å²) in [5.74, 6) is 0. The van der Waals surface area contributed by atoms with Gasteiger partial charge in [-0.1, -0.05) is 12.2 Å². The molecule has 1 aliphatic heterocycles. The topological polar surface area (TPSA) is 105 Å². The number of imidazole rings is 1. The van der Waals surface area contributed by atoms with Crippen LogP contribution in [0.3, 0.4) is 0 Å². The van der Waals surface area contributed by atoms with Gasteiger partial charge in [0, 0.05) is 7.11 Å². The van der Waals surface area contributed by atoms with Gasteiger partial charge < -0.3 is 24.7 Å². The van der Waals surface area contributed by atoms with Gasteiger partial charge in [-0.2, -0.15) is 0 Å². The van der Waals surface area contributed by atoms with Gasteiger partial charge in [0.1, 0.15) is 29.5 Å². The zero-order chi connectivity index (χ0) is 14.3. The number of H-pyrrole nitrogens is 1. The summed E-state index contributed by atoms with van der Waals surface area (Å²) in [7, 11) is 1.46. The number of hydrogen-bond acceptors (Lipinski definition) is 7. The van der Waals surface area contributed by atoms with Crippen molar-refractivity contribution < 1.29 is 19.7 Å². The van der Waals surface area contributed by atoms with Gasteiger partial charge in [0.15, 0.2) is 10.9 Å². The lowest BCUT2D eigenvalue weighted by molar-refractivity contribution is -0.0535. The van der Waals surface area contributed by atoms with Crippen molar-refractivity contribution in [3.8, 4) is 0 Å². The molecule has 0 aliphatic carbocycles. The molecule has 20 heavy (non-hydrogen) atoms. The summed E-state index contributed by atoms with van der Waals surface area (Å²) in [6, 6.07) is 0. The molecule has 0 bridgehead atoms. The molecule has 3 rings (SSSR count). The van der Waals surface area contributed by atoms with E-state index in [1.807, 2.05) is 0 Å². The molecule has 4 atom stereocenters. The first-order valence-electron chi connectivity index (χ1n) is 6.04. The number of rotatable bonds is 3. The molecule has 8 nitrogen and oxygen atoms in total. The number of aromatic amines is 1. The Kier molecular flexibility index (Phi) is 3.52. The van der Waals surface area contributed by atoms with Crippen molar-refractivity contribution in [2.45, 2.75) is 24.5 Å². The molecular formula is C11H14N4O4S. The minimum absolute atomic E-state index is 0.240. The first-order valence-corrected chi connectivity index (χ1v) is 6.45. The van der Waals surface area contributed by atoms with E-state index >= 15 is 0 Å². The largest absolute Gasteiger partial charge is 0.394 e. The molecule has 0 saturated carbocycles. The van der Waals surface area contributed by atoms with Gasteiger partial charge in [-0.25, -0.2) is 9.97 Å². The van der Waals surface area contributed by atoms with Crippen LogP contribution in [0.25, 0.3) is 11.2 Å². The number of nitrogens with one attached hydrogen (secondary N) is 1. The summed E-state index contributed by atoms with van der Waals surface area (Å²) < 4.78 is 12.8. The number of aliphatic hydroxyl groups excluding tert-OH is 2. The van der Waals surface area contributed by atoms with Gasteiger partial charge in [0.2, 0.25) is 0 Å². The van der Waals surface area contributed by atoms with Crippen LogP contribution < -0.4 is 0 Å². The van der Waals surface area contributed by atoms with Crippen molar-refractivity contribution in [2.75, 3.05) is 13.7 Å². The first-order chi connectivity index (χ1) is 9.67. The van der Waals surface area contributed by atoms with Crippen LogP contribution in [0, 0.1) is 4.64 Å². The maximum absolute atomic E-state index is 10.3. The lowest BCUT2D eigenvalue weighted by Gasteiger charge is -2.18. The Hall–Kier alpha value is -1.39. The smallest absolute Gasteiger partial charge is 0.165 e. The fourth-order valence-electron chi connectivity index (χ4n) is 2.45. The van der Waals surface area contributed by atoms with Gasteiger partial charge in [-0.05, 0) is 0 Å². The van der Waals surface area contributed by atoms with E-state index in [0.717, 1.165) is 0 Å². The van der Waals surface area contributed by atoms with Crippen LogP contribution in [0.5, 0.6) is 0 Å². The molecule has 1 fully saturated rings. The van der Waals surface area contributed by atoms with Crippen molar-refractivity contribution in [1.29, 1.82) is 0 Å². The number of hydrogen-bond donors (Lipinski definition) is 3. The highest BCUT2D eigenvalue weighted by molar-refractivity contribution is 7.71. The lowest BCUT2D eigenvalue weighted by Crippen LogP contribution is -2.35. The Morgan fingerprint density at radius 1 is 1.55 bits per heavy atom. The van der Waals surface area contributed by atoms with Crippen LogP contribution in [0.4, 0.5) is 0 Å². The van der Waals surface area contributed by atoms with Gasteiger partial charge in [-0.3, -0.25) is 4.57 Å². The maximum Gasteiger partial charge on any atom is 0.165 e. The Bertz CT molecular complexity index is 672. The Morgan fingerprint density at radius 3 is 3.00 bits per heavy atom. The van der Waals surface area contributed by atoms with Crippen molar-refractivity contribution in [1.82, 2.24) is 19.5 Å². The van der Waals surface area contributed by atoms with Crippen LogP contribution in [0.1, 0.15) is 6.23 Å². The predicted molar refractivity (Wildman–Crippen MR) is 70.5 cm³/mol. The second-order valence-corrected chi connectivity index (χ2v) is 4.88. The number of methoxy groups -OCH3 is 1. The third-order valence-corrected chi connectivity index (χ3v) is 3.71. The second kappa shape index (κ2) is 5.19. The lowest BCUT2D eigenvalue weighted by atomic mass is 10.1. The molecule has 0 spiro atoms. The van der Waals surface area contributed by atoms with Gasteiger partial charge >= 0.3 is 0 Å². The summed E-state index contributed by atoms with van der Waals surface area (Å²) >= 11 is 5.09. The summed E-state index contributed by atoms with van der Waals surface area (Å²) in [6.07, 6.45) is 0.134. The number of nitrogens with zero attached hydrogens (tertiary/aromatic N) is 3. The number of aromatic nitrogens is 4. The van der Waals surface area contributed by atoms with E-state index in [-0.39, 0.29) is 6.61 Å². The molecule has 0 radical (unpaired) electrons. The molecule has 9 heteroatoms. The normalized spacial score (nSPS) is 30.1. The molecule has 3 N–H and O–H groups in total. The molecule has 1 saturated heterocycles. The van der Waals surface area contributed by atoms with Crippen LogP contribution in [0.15, 0.2) is 12.7 Å². The molecule has 3 heterocycles. The number of ether oxygens (including phenoxy) is 2. The van der Waals surface area contributed by atoms with E-state index in [1.54, 1.807) is 4.57 Å². The summed E-state index contributed by atoms with van der Waals surface area (Å²) in [4.78, 5) is 11.0. The first kappa shape index (κ1) is 13.6. The van der Waals surface area contributed by atoms with E-state index in [1.165, 1.54) is 19.8 Å². The van der Waals surface area contributed by atoms with E-state index < -0.39 is 24.5 Å². The molecule has 108 valence electrons. The number of aliphatic hydroxyl groups is 2. The Balaban J connectivity index is 2.04. The Morgan fingerprint density at radius 2 is 2.35 bits per heavy atom. The minimum Gasteiger partial charge on any atom is -0.394 e. The molecular weight excluding hydrogens is 284 g/mol. The van der Waals surface area contributed by atoms with Crippen molar-refractivity contribution >= 4 is 23.4 Å². The van der Waals surface area contributed by atoms with Gasteiger partial charge in [-0.15, -0.1) is 0 Å². The zero-order valence-corrected chi connectivity index (χ0v) is 11.4. The molecule has 0 aromatic carbocycles. The SMILES string of the molecule is CO[C@H]1[C@@H](O)[C@@H](n2cnc3c(=S)nc[nH]c32)O[C@@H]1CO. The van der Waals surface area contributed by atoms with E-state index in [2.05, 4.69) is 15.0 Å². The number of fused-ring (bicyclic) bond motifs is 1. The zero-order valence-electron chi connectivity index (χ0n) is 10.6. The van der Waals surface area contributed by atoms with E-state index in [4.69, 9.17) is 21.7 Å². The average molecular weight is 298 g/mol. The van der Waals surface area contributed by atoms with Crippen LogP contribution >= 0.6 is 12.2 Å². The highest BCUT2D eigenvalue weighted by Crippen LogP contribution is 2.32. The fourth-order valence-corrected chi connectivity index (χ4v) is 2.66. The third-order valence-electron chi connectivity index (χ3n) is 3.42. The van der Waals surface area contributed by atoms with E-state index in [0.29, 0.717) is 15.8 Å². The quantitative estimate of drug-likeness (QED) is 0.671. The third kappa shape index (κ3) is 1.95. The standard InChI is InChI=1S/C11H14N4O4S/c1-18-8-5(2-16)19-11(7(8)17)15-4-14-6-9(15)12-3-13-10(6)20/h3-5,7-8,11,16-17H,2H2,1H3,(H,12,13,20)/t5-,7-,8-,11+/m1/s1. The molecule has 0 amide bonds. The monoisotopic (exact) mass is 298 g/mol.